The molecule has 0 heterocycles. The lowest BCUT2D eigenvalue weighted by atomic mass is 10.1. The minimum absolute atomic E-state index is 0.0182. The van der Waals surface area contributed by atoms with Crippen molar-refractivity contribution in [2.24, 2.45) is 5.73 Å². The highest BCUT2D eigenvalue weighted by atomic mass is 16.6. The fraction of sp³-hybridized carbons (Fsp3) is 0.200. The molecule has 0 aliphatic carbocycles. The summed E-state index contributed by atoms with van der Waals surface area (Å²) in [5.41, 5.74) is 4.08. The van der Waals surface area contributed by atoms with E-state index >= 15 is 0 Å². The maximum absolute atomic E-state index is 10.8. The molecule has 1 aromatic carbocycles. The van der Waals surface area contributed by atoms with Crippen LogP contribution in [0.3, 0.4) is 0 Å². The zero-order valence-electron chi connectivity index (χ0n) is 9.57. The van der Waals surface area contributed by atoms with E-state index in [0.717, 1.165) is 12.1 Å². The van der Waals surface area contributed by atoms with Crippen molar-refractivity contribution in [1.82, 2.24) is 0 Å². The second kappa shape index (κ2) is 5.78. The number of nitro benzene ring substituents is 1. The smallest absolute Gasteiger partial charge is 0.335 e. The number of primary amides is 1. The highest BCUT2D eigenvalue weighted by Gasteiger charge is 2.18. The van der Waals surface area contributed by atoms with Gasteiger partial charge in [-0.1, -0.05) is 0 Å². The van der Waals surface area contributed by atoms with Crippen LogP contribution in [-0.2, 0) is 4.79 Å². The van der Waals surface area contributed by atoms with Gasteiger partial charge in [0.2, 0.25) is 5.91 Å². The Morgan fingerprint density at radius 2 is 2.11 bits per heavy atom. The SMILES string of the molecule is NC(=O)C(O)CNc1ccc(C(=O)O)cc1[N+](=O)[O-]. The van der Waals surface area contributed by atoms with Crippen LogP contribution >= 0.6 is 0 Å². The number of anilines is 1. The lowest BCUT2D eigenvalue weighted by molar-refractivity contribution is -0.384. The average Bonchev–Trinajstić information content (AvgIpc) is 2.35. The molecule has 1 aromatic rings. The van der Waals surface area contributed by atoms with Crippen LogP contribution in [-0.4, -0.2) is 39.7 Å². The van der Waals surface area contributed by atoms with Gasteiger partial charge in [0.1, 0.15) is 11.8 Å². The minimum atomic E-state index is -1.50. The second-order valence-electron chi connectivity index (χ2n) is 3.59. The maximum Gasteiger partial charge on any atom is 0.335 e. The van der Waals surface area contributed by atoms with Crippen molar-refractivity contribution in [3.8, 4) is 0 Å². The molecule has 0 radical (unpaired) electrons. The summed E-state index contributed by atoms with van der Waals surface area (Å²) in [5, 5.41) is 31.1. The zero-order chi connectivity index (χ0) is 14.6. The number of aromatic carboxylic acids is 1. The minimum Gasteiger partial charge on any atom is -0.478 e. The molecule has 0 aromatic heterocycles. The predicted octanol–water partition coefficient (Wildman–Crippen LogP) is -0.449. The van der Waals surface area contributed by atoms with Gasteiger partial charge in [0.05, 0.1) is 17.0 Å². The summed E-state index contributed by atoms with van der Waals surface area (Å²) < 4.78 is 0. The Morgan fingerprint density at radius 3 is 2.58 bits per heavy atom. The predicted molar refractivity (Wildman–Crippen MR) is 63.7 cm³/mol. The number of carbonyl (C=O) groups is 2. The molecule has 102 valence electrons. The van der Waals surface area contributed by atoms with Gasteiger partial charge in [-0.15, -0.1) is 0 Å². The molecule has 9 heteroatoms. The van der Waals surface area contributed by atoms with E-state index in [-0.39, 0.29) is 17.8 Å². The molecule has 0 bridgehead atoms. The Morgan fingerprint density at radius 1 is 1.47 bits per heavy atom. The Bertz CT molecular complexity index is 530. The first kappa shape index (κ1) is 14.4. The van der Waals surface area contributed by atoms with E-state index in [1.54, 1.807) is 0 Å². The molecule has 1 amide bonds. The summed E-state index contributed by atoms with van der Waals surface area (Å²) in [7, 11) is 0. The first-order valence-corrected chi connectivity index (χ1v) is 5.06. The van der Waals surface area contributed by atoms with Gasteiger partial charge in [0.15, 0.2) is 0 Å². The summed E-state index contributed by atoms with van der Waals surface area (Å²) in [6.07, 6.45) is -1.50. The summed E-state index contributed by atoms with van der Waals surface area (Å²) in [6, 6.07) is 3.21. The summed E-state index contributed by atoms with van der Waals surface area (Å²) in [4.78, 5) is 31.3. The van der Waals surface area contributed by atoms with Gasteiger partial charge in [-0.2, -0.15) is 0 Å². The van der Waals surface area contributed by atoms with Crippen molar-refractivity contribution in [1.29, 1.82) is 0 Å². The quantitative estimate of drug-likeness (QED) is 0.402. The number of nitrogens with zero attached hydrogens (tertiary/aromatic N) is 1. The van der Waals surface area contributed by atoms with Gasteiger partial charge in [-0.25, -0.2) is 4.79 Å². The Balaban J connectivity index is 2.97. The highest BCUT2D eigenvalue weighted by Crippen LogP contribution is 2.25. The van der Waals surface area contributed by atoms with E-state index in [4.69, 9.17) is 15.9 Å². The number of aliphatic hydroxyl groups is 1. The van der Waals surface area contributed by atoms with Gasteiger partial charge in [-0.05, 0) is 12.1 Å². The summed E-state index contributed by atoms with van der Waals surface area (Å²) in [5.74, 6) is -2.27. The molecule has 0 aliphatic heterocycles. The first-order chi connectivity index (χ1) is 8.82. The van der Waals surface area contributed by atoms with Gasteiger partial charge in [0.25, 0.3) is 5.69 Å². The number of carbonyl (C=O) groups excluding carboxylic acids is 1. The Hall–Kier alpha value is -2.68. The monoisotopic (exact) mass is 269 g/mol. The van der Waals surface area contributed by atoms with Crippen molar-refractivity contribution in [3.05, 3.63) is 33.9 Å². The van der Waals surface area contributed by atoms with Gasteiger partial charge in [-0.3, -0.25) is 14.9 Å². The van der Waals surface area contributed by atoms with Gasteiger partial charge >= 0.3 is 5.97 Å². The number of hydrogen-bond acceptors (Lipinski definition) is 6. The van der Waals surface area contributed by atoms with E-state index < -0.39 is 28.6 Å². The molecular weight excluding hydrogens is 258 g/mol. The van der Waals surface area contributed by atoms with E-state index in [0.29, 0.717) is 0 Å². The van der Waals surface area contributed by atoms with Crippen molar-refractivity contribution >= 4 is 23.3 Å². The summed E-state index contributed by atoms with van der Waals surface area (Å²) >= 11 is 0. The third-order valence-corrected chi connectivity index (χ3v) is 2.26. The Labute approximate surface area is 106 Å². The van der Waals surface area contributed by atoms with Crippen molar-refractivity contribution in [2.75, 3.05) is 11.9 Å². The number of nitro groups is 1. The molecule has 0 aliphatic rings. The second-order valence-corrected chi connectivity index (χ2v) is 3.59. The van der Waals surface area contributed by atoms with E-state index in [1.165, 1.54) is 6.07 Å². The third kappa shape index (κ3) is 3.64. The molecule has 1 rings (SSSR count). The van der Waals surface area contributed by atoms with Crippen LogP contribution in [0, 0.1) is 10.1 Å². The van der Waals surface area contributed by atoms with E-state index in [2.05, 4.69) is 5.32 Å². The molecule has 0 saturated carbocycles. The molecular formula is C10H11N3O6. The number of amides is 1. The number of nitrogens with one attached hydrogen (secondary N) is 1. The molecule has 1 atom stereocenters. The number of carboxylic acid groups (broad SMARTS) is 1. The lowest BCUT2D eigenvalue weighted by Crippen LogP contribution is -2.34. The third-order valence-electron chi connectivity index (χ3n) is 2.26. The van der Waals surface area contributed by atoms with E-state index in [9.17, 15) is 19.7 Å². The van der Waals surface area contributed by atoms with Crippen molar-refractivity contribution in [3.63, 3.8) is 0 Å². The lowest BCUT2D eigenvalue weighted by Gasteiger charge is -2.10. The van der Waals surface area contributed by atoms with Crippen LogP contribution in [0.1, 0.15) is 10.4 Å². The number of carboxylic acids is 1. The number of aliphatic hydroxyl groups excluding tert-OH is 1. The molecule has 5 N–H and O–H groups in total. The van der Waals surface area contributed by atoms with Crippen molar-refractivity contribution < 1.29 is 24.7 Å². The normalized spacial score (nSPS) is 11.6. The van der Waals surface area contributed by atoms with Crippen LogP contribution in [0.15, 0.2) is 18.2 Å². The first-order valence-electron chi connectivity index (χ1n) is 5.06. The number of nitrogens with two attached hydrogens (primary N) is 1. The van der Waals surface area contributed by atoms with Crippen molar-refractivity contribution in [2.45, 2.75) is 6.10 Å². The molecule has 19 heavy (non-hydrogen) atoms. The standard InChI is InChI=1S/C10H11N3O6/c11-9(15)8(14)4-12-6-2-1-5(10(16)17)3-7(6)13(18)19/h1-3,8,12,14H,4H2,(H2,11,15)(H,16,17). The summed E-state index contributed by atoms with van der Waals surface area (Å²) in [6.45, 7) is -0.317. The van der Waals surface area contributed by atoms with Crippen LogP contribution in [0.5, 0.6) is 0 Å². The number of hydrogen-bond donors (Lipinski definition) is 4. The van der Waals surface area contributed by atoms with Crippen LogP contribution in [0.2, 0.25) is 0 Å². The molecule has 9 nitrogen and oxygen atoms in total. The van der Waals surface area contributed by atoms with Crippen LogP contribution in [0.4, 0.5) is 11.4 Å². The van der Waals surface area contributed by atoms with Gasteiger partial charge in [0, 0.05) is 6.07 Å². The number of rotatable bonds is 6. The molecule has 0 spiro atoms. The largest absolute Gasteiger partial charge is 0.478 e. The molecule has 0 fully saturated rings. The molecule has 0 saturated heterocycles. The zero-order valence-corrected chi connectivity index (χ0v) is 9.57. The fourth-order valence-electron chi connectivity index (χ4n) is 1.27. The van der Waals surface area contributed by atoms with Crippen LogP contribution in [0.25, 0.3) is 0 Å². The Kier molecular flexibility index (Phi) is 4.37. The number of benzene rings is 1. The maximum atomic E-state index is 10.8. The average molecular weight is 269 g/mol. The fourth-order valence-corrected chi connectivity index (χ4v) is 1.27. The van der Waals surface area contributed by atoms with Crippen LogP contribution < -0.4 is 11.1 Å². The van der Waals surface area contributed by atoms with Gasteiger partial charge < -0.3 is 21.3 Å². The van der Waals surface area contributed by atoms with E-state index in [1.807, 2.05) is 0 Å². The molecule has 1 unspecified atom stereocenters. The highest BCUT2D eigenvalue weighted by molar-refractivity contribution is 5.89. The topological polar surface area (TPSA) is 156 Å².